The molecule has 0 aliphatic heterocycles. The second-order valence-corrected chi connectivity index (χ2v) is 10.6. The third-order valence-corrected chi connectivity index (χ3v) is 7.72. The van der Waals surface area contributed by atoms with Gasteiger partial charge in [-0.05, 0) is 12.1 Å². The van der Waals surface area contributed by atoms with Crippen LogP contribution >= 0.6 is 34.8 Å². The molecule has 7 nitrogen and oxygen atoms in total. The molecule has 0 bridgehead atoms. The first-order valence-electron chi connectivity index (χ1n) is 6.24. The highest BCUT2D eigenvalue weighted by Gasteiger charge is 2.29. The van der Waals surface area contributed by atoms with E-state index < -0.39 is 20.0 Å². The molecule has 1 aromatic rings. The molecule has 0 spiro atoms. The van der Waals surface area contributed by atoms with Crippen LogP contribution < -0.4 is 5.73 Å². The minimum absolute atomic E-state index is 0.0967. The quantitative estimate of drug-likeness (QED) is 0.712. The molecule has 0 atom stereocenters. The number of rotatable bonds is 5. The van der Waals surface area contributed by atoms with Crippen molar-refractivity contribution in [2.75, 3.05) is 33.9 Å². The summed E-state index contributed by atoms with van der Waals surface area (Å²) in [5.74, 6) is 0. The third kappa shape index (κ3) is 3.98. The van der Waals surface area contributed by atoms with Crippen molar-refractivity contribution in [1.29, 1.82) is 0 Å². The van der Waals surface area contributed by atoms with Crippen LogP contribution in [0.3, 0.4) is 0 Å². The number of sulfonamides is 2. The van der Waals surface area contributed by atoms with E-state index in [-0.39, 0.29) is 30.6 Å². The van der Waals surface area contributed by atoms with Crippen molar-refractivity contribution in [3.05, 3.63) is 22.2 Å². The Labute approximate surface area is 156 Å². The summed E-state index contributed by atoms with van der Waals surface area (Å²) in [4.78, 5) is -0.752. The molecular formula is C12H16Cl3N3O4S2. The fraction of sp³-hybridized carbons (Fsp3) is 0.333. The van der Waals surface area contributed by atoms with Crippen LogP contribution in [-0.2, 0) is 20.0 Å². The Morgan fingerprint density at radius 2 is 1.29 bits per heavy atom. The first-order chi connectivity index (χ1) is 10.7. The van der Waals surface area contributed by atoms with Crippen molar-refractivity contribution in [2.24, 2.45) is 0 Å². The van der Waals surface area contributed by atoms with Crippen LogP contribution in [0, 0.1) is 0 Å². The van der Waals surface area contributed by atoms with Gasteiger partial charge in [-0.15, -0.1) is 0 Å². The normalized spacial score (nSPS) is 12.7. The van der Waals surface area contributed by atoms with Gasteiger partial charge in [0.15, 0.2) is 0 Å². The smallest absolute Gasteiger partial charge is 0.244 e. The van der Waals surface area contributed by atoms with E-state index >= 15 is 0 Å². The summed E-state index contributed by atoms with van der Waals surface area (Å²) in [5.41, 5.74) is 5.50. The molecule has 1 aromatic carbocycles. The Hall–Kier alpha value is -0.550. The highest BCUT2D eigenvalue weighted by Crippen LogP contribution is 2.37. The van der Waals surface area contributed by atoms with Gasteiger partial charge in [0.25, 0.3) is 0 Å². The molecule has 1 rings (SSSR count). The van der Waals surface area contributed by atoms with Crippen LogP contribution in [0.1, 0.15) is 5.56 Å². The van der Waals surface area contributed by atoms with Gasteiger partial charge in [-0.3, -0.25) is 0 Å². The Balaban J connectivity index is 4.00. The lowest BCUT2D eigenvalue weighted by atomic mass is 10.2. The maximum absolute atomic E-state index is 12.5. The van der Waals surface area contributed by atoms with E-state index in [0.717, 1.165) is 20.7 Å². The predicted molar refractivity (Wildman–Crippen MR) is 97.1 cm³/mol. The maximum atomic E-state index is 12.5. The topological polar surface area (TPSA) is 101 Å². The van der Waals surface area contributed by atoms with E-state index in [2.05, 4.69) is 0 Å². The maximum Gasteiger partial charge on any atom is 0.244 e. The Morgan fingerprint density at radius 3 is 1.67 bits per heavy atom. The summed E-state index contributed by atoms with van der Waals surface area (Å²) >= 11 is 17.2. The van der Waals surface area contributed by atoms with Crippen LogP contribution in [0.2, 0.25) is 0 Å². The minimum Gasteiger partial charge on any atom is -0.398 e. The Morgan fingerprint density at radius 1 is 0.875 bits per heavy atom. The summed E-state index contributed by atoms with van der Waals surface area (Å²) in [6.07, 6.45) is 0. The summed E-state index contributed by atoms with van der Waals surface area (Å²) < 4.78 is 51.2. The Bertz CT molecular complexity index is 890. The van der Waals surface area contributed by atoms with Gasteiger partial charge in [0.05, 0.1) is 15.6 Å². The zero-order valence-corrected chi connectivity index (χ0v) is 17.1. The summed E-state index contributed by atoms with van der Waals surface area (Å²) in [7, 11) is -2.86. The first kappa shape index (κ1) is 21.5. The number of halogens is 3. The van der Waals surface area contributed by atoms with E-state index in [1.165, 1.54) is 28.2 Å². The third-order valence-electron chi connectivity index (χ3n) is 3.03. The molecule has 0 fully saturated rings. The average molecular weight is 437 g/mol. The second kappa shape index (κ2) is 7.36. The molecule has 0 aromatic heterocycles. The van der Waals surface area contributed by atoms with Crippen molar-refractivity contribution >= 4 is 65.6 Å². The highest BCUT2D eigenvalue weighted by molar-refractivity contribution is 7.90. The number of nitrogens with zero attached hydrogens (tertiary/aromatic N) is 2. The van der Waals surface area contributed by atoms with Gasteiger partial charge in [-0.2, -0.15) is 0 Å². The summed E-state index contributed by atoms with van der Waals surface area (Å²) in [6, 6.07) is 2.05. The van der Waals surface area contributed by atoms with E-state index in [4.69, 9.17) is 40.5 Å². The summed E-state index contributed by atoms with van der Waals surface area (Å²) in [6.45, 7) is 0. The minimum atomic E-state index is -4.05. The fourth-order valence-electron chi connectivity index (χ4n) is 1.68. The molecule has 0 saturated carbocycles. The largest absolute Gasteiger partial charge is 0.398 e. The van der Waals surface area contributed by atoms with Gasteiger partial charge in [0.2, 0.25) is 20.0 Å². The monoisotopic (exact) mass is 435 g/mol. The SMILES string of the molecule is CN(C)S(=O)(=O)c1cc(S(=O)(=O)N(C)C)c(C(Cl)=C(Cl)Cl)cc1N. The number of nitrogen functional groups attached to an aromatic ring is 1. The number of nitrogens with two attached hydrogens (primary N) is 1. The molecule has 136 valence electrons. The van der Waals surface area contributed by atoms with E-state index in [9.17, 15) is 16.8 Å². The molecule has 0 unspecified atom stereocenters. The molecular weight excluding hydrogens is 421 g/mol. The number of hydrogen-bond donors (Lipinski definition) is 1. The Kier molecular flexibility index (Phi) is 6.60. The fourth-order valence-corrected chi connectivity index (χ4v) is 4.29. The van der Waals surface area contributed by atoms with Crippen LogP contribution in [0.5, 0.6) is 0 Å². The first-order valence-corrected chi connectivity index (χ1v) is 10.3. The molecule has 0 aliphatic carbocycles. The molecule has 0 amide bonds. The number of benzene rings is 1. The molecule has 0 aliphatic rings. The molecule has 0 radical (unpaired) electrons. The zero-order chi connectivity index (χ0) is 19.0. The molecule has 12 heteroatoms. The van der Waals surface area contributed by atoms with Gasteiger partial charge >= 0.3 is 0 Å². The van der Waals surface area contributed by atoms with E-state index in [1.54, 1.807) is 0 Å². The van der Waals surface area contributed by atoms with Gasteiger partial charge < -0.3 is 5.73 Å². The molecule has 2 N–H and O–H groups in total. The van der Waals surface area contributed by atoms with Gasteiger partial charge in [-0.25, -0.2) is 25.4 Å². The standard InChI is InChI=1S/C12H16Cl3N3O4S2/c1-17(2)23(19,20)9-6-10(24(21,22)18(3)4)8(16)5-7(9)11(13)12(14)15/h5-6H,16H2,1-4H3. The van der Waals surface area contributed by atoms with Crippen LogP contribution in [0.4, 0.5) is 5.69 Å². The number of hydrogen-bond acceptors (Lipinski definition) is 5. The van der Waals surface area contributed by atoms with Crippen molar-refractivity contribution in [3.63, 3.8) is 0 Å². The van der Waals surface area contributed by atoms with E-state index in [0.29, 0.717) is 0 Å². The predicted octanol–water partition coefficient (Wildman–Crippen LogP) is 2.11. The van der Waals surface area contributed by atoms with Crippen molar-refractivity contribution in [3.8, 4) is 0 Å². The van der Waals surface area contributed by atoms with Gasteiger partial charge in [0.1, 0.15) is 9.39 Å². The lowest BCUT2D eigenvalue weighted by molar-refractivity contribution is 0.518. The lowest BCUT2D eigenvalue weighted by Gasteiger charge is -2.19. The number of anilines is 1. The van der Waals surface area contributed by atoms with Crippen molar-refractivity contribution in [2.45, 2.75) is 9.79 Å². The van der Waals surface area contributed by atoms with Crippen molar-refractivity contribution < 1.29 is 16.8 Å². The molecule has 24 heavy (non-hydrogen) atoms. The zero-order valence-electron chi connectivity index (χ0n) is 13.2. The van der Waals surface area contributed by atoms with Crippen molar-refractivity contribution in [1.82, 2.24) is 8.61 Å². The summed E-state index contributed by atoms with van der Waals surface area (Å²) in [5, 5.41) is -0.265. The van der Waals surface area contributed by atoms with E-state index in [1.807, 2.05) is 0 Å². The second-order valence-electron chi connectivity index (χ2n) is 5.04. The van der Waals surface area contributed by atoms with Gasteiger partial charge in [-0.1, -0.05) is 34.8 Å². The van der Waals surface area contributed by atoms with Crippen LogP contribution in [0.15, 0.2) is 26.4 Å². The van der Waals surface area contributed by atoms with Crippen LogP contribution in [-0.4, -0.2) is 53.6 Å². The molecule has 0 saturated heterocycles. The lowest BCUT2D eigenvalue weighted by Crippen LogP contribution is -2.26. The van der Waals surface area contributed by atoms with Gasteiger partial charge in [0, 0.05) is 33.8 Å². The highest BCUT2D eigenvalue weighted by atomic mass is 35.5. The average Bonchev–Trinajstić information content (AvgIpc) is 2.44. The molecule has 0 heterocycles. The van der Waals surface area contributed by atoms with Crippen LogP contribution in [0.25, 0.3) is 5.03 Å².